The van der Waals surface area contributed by atoms with Crippen molar-refractivity contribution >= 4 is 26.6 Å². The number of ether oxygens (including phenoxy) is 2. The lowest BCUT2D eigenvalue weighted by molar-refractivity contribution is 0.136. The maximum atomic E-state index is 12.9. The maximum absolute atomic E-state index is 12.9. The minimum absolute atomic E-state index is 0.0422. The molecule has 2 aromatic carbocycles. The van der Waals surface area contributed by atoms with Crippen molar-refractivity contribution < 1.29 is 17.9 Å². The topological polar surface area (TPSA) is 115 Å². The monoisotopic (exact) mass is 561 g/mol. The van der Waals surface area contributed by atoms with Crippen LogP contribution in [-0.2, 0) is 20.3 Å². The Morgan fingerprint density at radius 3 is 2.75 bits per heavy atom. The van der Waals surface area contributed by atoms with E-state index in [1.165, 1.54) is 7.11 Å². The van der Waals surface area contributed by atoms with E-state index >= 15 is 0 Å². The van der Waals surface area contributed by atoms with E-state index in [1.807, 2.05) is 55.5 Å². The van der Waals surface area contributed by atoms with Gasteiger partial charge in [0, 0.05) is 37.5 Å². The number of hydrogen-bond acceptors (Lipinski definition) is 9. The summed E-state index contributed by atoms with van der Waals surface area (Å²) in [5.41, 5.74) is 3.06. The number of nitrogens with one attached hydrogen (secondary N) is 2. The van der Waals surface area contributed by atoms with E-state index in [9.17, 15) is 8.42 Å². The molecule has 0 radical (unpaired) electrons. The molecule has 3 heterocycles. The van der Waals surface area contributed by atoms with Crippen molar-refractivity contribution in [3.63, 3.8) is 0 Å². The first-order chi connectivity index (χ1) is 19.3. The lowest BCUT2D eigenvalue weighted by Crippen LogP contribution is -2.38. The molecular formula is C30H35N5O4S. The molecule has 10 heteroatoms. The second-order valence-electron chi connectivity index (χ2n) is 10.2. The molecule has 1 saturated heterocycles. The number of benzene rings is 2. The quantitative estimate of drug-likeness (QED) is 0.279. The molecule has 40 heavy (non-hydrogen) atoms. The standard InChI is InChI=1S/C30H35N5O4S/c1-20-11-12-24-22(19-40(36,37)18-21(2)38-3)7-4-9-25(24)28(20)39-29-26(10-6-15-32-29)27-13-16-33-30(35-27)34-23-8-5-14-31-17-23/h4,6-7,9-13,15-16,21,23,31H,5,8,14,17-19H2,1-3H3,(H,33,34,35)/t21?,23-/m0/s1. The van der Waals surface area contributed by atoms with Crippen molar-refractivity contribution in [1.82, 2.24) is 20.3 Å². The number of methoxy groups -OCH3 is 1. The number of piperidine rings is 1. The molecule has 5 rings (SSSR count). The summed E-state index contributed by atoms with van der Waals surface area (Å²) < 4.78 is 37.4. The molecule has 0 spiro atoms. The molecule has 210 valence electrons. The van der Waals surface area contributed by atoms with E-state index in [1.54, 1.807) is 19.3 Å². The Bertz CT molecular complexity index is 1590. The average molecular weight is 562 g/mol. The van der Waals surface area contributed by atoms with Gasteiger partial charge in [-0.3, -0.25) is 0 Å². The maximum Gasteiger partial charge on any atom is 0.228 e. The van der Waals surface area contributed by atoms with E-state index in [4.69, 9.17) is 14.5 Å². The van der Waals surface area contributed by atoms with Gasteiger partial charge in [0.1, 0.15) is 5.75 Å². The van der Waals surface area contributed by atoms with Crippen LogP contribution in [0, 0.1) is 6.92 Å². The van der Waals surface area contributed by atoms with Crippen LogP contribution in [0.4, 0.5) is 5.95 Å². The van der Waals surface area contributed by atoms with Crippen molar-refractivity contribution in [3.8, 4) is 22.9 Å². The largest absolute Gasteiger partial charge is 0.437 e. The normalized spacial score (nSPS) is 16.5. The van der Waals surface area contributed by atoms with Crippen molar-refractivity contribution in [2.45, 2.75) is 44.6 Å². The first-order valence-electron chi connectivity index (χ1n) is 13.5. The van der Waals surface area contributed by atoms with Crippen LogP contribution in [0.5, 0.6) is 11.6 Å². The van der Waals surface area contributed by atoms with Gasteiger partial charge in [0.15, 0.2) is 9.84 Å². The van der Waals surface area contributed by atoms with Crippen LogP contribution in [0.3, 0.4) is 0 Å². The van der Waals surface area contributed by atoms with Gasteiger partial charge in [-0.1, -0.05) is 30.3 Å². The number of nitrogens with zero attached hydrogens (tertiary/aromatic N) is 3. The minimum Gasteiger partial charge on any atom is -0.437 e. The Balaban J connectivity index is 1.47. The summed E-state index contributed by atoms with van der Waals surface area (Å²) in [6.07, 6.45) is 5.22. The first-order valence-corrected chi connectivity index (χ1v) is 15.3. The highest BCUT2D eigenvalue weighted by atomic mass is 32.2. The Labute approximate surface area is 235 Å². The van der Waals surface area contributed by atoms with Gasteiger partial charge in [0.05, 0.1) is 28.9 Å². The van der Waals surface area contributed by atoms with Crippen LogP contribution in [0.2, 0.25) is 0 Å². The predicted octanol–water partition coefficient (Wildman–Crippen LogP) is 4.91. The molecule has 1 aliphatic heterocycles. The molecule has 4 aromatic rings. The van der Waals surface area contributed by atoms with E-state index in [0.717, 1.165) is 53.4 Å². The third-order valence-electron chi connectivity index (χ3n) is 7.10. The summed E-state index contributed by atoms with van der Waals surface area (Å²) in [5, 5.41) is 8.47. The van der Waals surface area contributed by atoms with Gasteiger partial charge in [0.25, 0.3) is 0 Å². The van der Waals surface area contributed by atoms with Gasteiger partial charge in [-0.25, -0.2) is 23.4 Å². The zero-order chi connectivity index (χ0) is 28.1. The number of pyridine rings is 1. The Kier molecular flexibility index (Phi) is 8.58. The van der Waals surface area contributed by atoms with Crippen LogP contribution in [-0.4, -0.2) is 61.5 Å². The molecule has 0 bridgehead atoms. The Hall–Kier alpha value is -3.60. The third kappa shape index (κ3) is 6.57. The zero-order valence-corrected chi connectivity index (χ0v) is 23.9. The van der Waals surface area contributed by atoms with Crippen LogP contribution >= 0.6 is 0 Å². The first kappa shape index (κ1) is 27.9. The van der Waals surface area contributed by atoms with E-state index < -0.39 is 9.84 Å². The van der Waals surface area contributed by atoms with Crippen molar-refractivity contribution in [2.24, 2.45) is 0 Å². The molecule has 1 unspecified atom stereocenters. The van der Waals surface area contributed by atoms with E-state index in [-0.39, 0.29) is 23.7 Å². The summed E-state index contributed by atoms with van der Waals surface area (Å²) in [6, 6.07) is 15.4. The predicted molar refractivity (Wildman–Crippen MR) is 157 cm³/mol. The van der Waals surface area contributed by atoms with Crippen LogP contribution in [0.15, 0.2) is 60.9 Å². The molecular weight excluding hydrogens is 526 g/mol. The molecule has 0 aliphatic carbocycles. The molecule has 9 nitrogen and oxygen atoms in total. The van der Waals surface area contributed by atoms with Gasteiger partial charge in [-0.15, -0.1) is 0 Å². The molecule has 1 aliphatic rings. The molecule has 2 N–H and O–H groups in total. The van der Waals surface area contributed by atoms with Crippen LogP contribution < -0.4 is 15.4 Å². The molecule has 2 atom stereocenters. The SMILES string of the molecule is COC(C)CS(=O)(=O)Cc1cccc2c(Oc3ncccc3-c3ccnc(N[C@H]4CCCNC4)n3)c(C)ccc12. The second kappa shape index (κ2) is 12.3. The zero-order valence-electron chi connectivity index (χ0n) is 23.1. The van der Waals surface area contributed by atoms with E-state index in [0.29, 0.717) is 23.3 Å². The molecule has 0 saturated carbocycles. The van der Waals surface area contributed by atoms with Crippen molar-refractivity contribution in [1.29, 1.82) is 0 Å². The minimum atomic E-state index is -3.38. The fourth-order valence-corrected chi connectivity index (χ4v) is 6.68. The molecule has 1 fully saturated rings. The Morgan fingerprint density at radius 1 is 1.07 bits per heavy atom. The second-order valence-corrected chi connectivity index (χ2v) is 12.3. The van der Waals surface area contributed by atoms with Crippen LogP contribution in [0.1, 0.15) is 30.9 Å². The van der Waals surface area contributed by atoms with Crippen molar-refractivity contribution in [2.75, 3.05) is 31.3 Å². The highest BCUT2D eigenvalue weighted by Gasteiger charge is 2.20. The number of fused-ring (bicyclic) bond motifs is 1. The smallest absolute Gasteiger partial charge is 0.228 e. The average Bonchev–Trinajstić information content (AvgIpc) is 2.95. The van der Waals surface area contributed by atoms with Gasteiger partial charge < -0.3 is 20.1 Å². The highest BCUT2D eigenvalue weighted by molar-refractivity contribution is 7.90. The number of hydrogen-bond donors (Lipinski definition) is 2. The lowest BCUT2D eigenvalue weighted by Gasteiger charge is -2.23. The molecule has 2 aromatic heterocycles. The number of aromatic nitrogens is 3. The summed E-state index contributed by atoms with van der Waals surface area (Å²) in [6.45, 7) is 5.63. The number of sulfone groups is 1. The van der Waals surface area contributed by atoms with Gasteiger partial charge in [0.2, 0.25) is 11.8 Å². The van der Waals surface area contributed by atoms with Gasteiger partial charge >= 0.3 is 0 Å². The van der Waals surface area contributed by atoms with Gasteiger partial charge in [-0.05, 0) is 67.9 Å². The number of aryl methyl sites for hydroxylation is 1. The summed E-state index contributed by atoms with van der Waals surface area (Å²) in [7, 11) is -1.86. The third-order valence-corrected chi connectivity index (χ3v) is 8.83. The fraction of sp³-hybridized carbons (Fsp3) is 0.367. The number of rotatable bonds is 10. The van der Waals surface area contributed by atoms with Gasteiger partial charge in [-0.2, -0.15) is 0 Å². The highest BCUT2D eigenvalue weighted by Crippen LogP contribution is 2.38. The lowest BCUT2D eigenvalue weighted by atomic mass is 10.0. The van der Waals surface area contributed by atoms with Crippen LogP contribution in [0.25, 0.3) is 22.0 Å². The summed E-state index contributed by atoms with van der Waals surface area (Å²) in [4.78, 5) is 13.7. The fourth-order valence-electron chi connectivity index (χ4n) is 4.99. The van der Waals surface area contributed by atoms with E-state index in [2.05, 4.69) is 20.6 Å². The summed E-state index contributed by atoms with van der Waals surface area (Å²) >= 11 is 0. The number of anilines is 1. The molecule has 0 amide bonds. The summed E-state index contributed by atoms with van der Waals surface area (Å²) in [5.74, 6) is 1.48. The Morgan fingerprint density at radius 2 is 1.95 bits per heavy atom. The van der Waals surface area contributed by atoms with Crippen molar-refractivity contribution in [3.05, 3.63) is 72.1 Å².